The molecule has 206 valence electrons. The van der Waals surface area contributed by atoms with E-state index in [4.69, 9.17) is 0 Å². The standard InChI is InChI=1S/C25H33N5O8/c1-3-16(25(37)38)27-22(34)18(12-15-8-5-4-6-9-15)28-23(35)19(13-31)29-24(36)20(14(2)32)30-21(33)17-10-7-11-26-17/h4-11,14,16,18-20,26,31-32H,3,12-13H2,1-2H3,(H,27,34)(H,28,35)(H,29,36)(H,30,33)(H,37,38)/t14-,16-,18-,19-,20-/m0/s1. The van der Waals surface area contributed by atoms with Gasteiger partial charge in [-0.15, -0.1) is 0 Å². The van der Waals surface area contributed by atoms with Gasteiger partial charge in [-0.05, 0) is 31.0 Å². The van der Waals surface area contributed by atoms with Crippen LogP contribution in [0.15, 0.2) is 48.7 Å². The number of carboxylic acids is 1. The summed E-state index contributed by atoms with van der Waals surface area (Å²) < 4.78 is 0. The second-order valence-electron chi connectivity index (χ2n) is 8.58. The number of hydrogen-bond acceptors (Lipinski definition) is 7. The second-order valence-corrected chi connectivity index (χ2v) is 8.58. The van der Waals surface area contributed by atoms with E-state index in [0.29, 0.717) is 5.56 Å². The van der Waals surface area contributed by atoms with E-state index < -0.39 is 66.5 Å². The van der Waals surface area contributed by atoms with E-state index in [0.717, 1.165) is 0 Å². The second kappa shape index (κ2) is 14.5. The molecule has 2 rings (SSSR count). The molecule has 0 aliphatic heterocycles. The van der Waals surface area contributed by atoms with Gasteiger partial charge in [-0.25, -0.2) is 4.79 Å². The normalized spacial score (nSPS) is 14.7. The molecule has 1 aromatic heterocycles. The van der Waals surface area contributed by atoms with Crippen molar-refractivity contribution in [1.29, 1.82) is 0 Å². The van der Waals surface area contributed by atoms with Gasteiger partial charge in [0, 0.05) is 12.6 Å². The van der Waals surface area contributed by atoms with Crippen molar-refractivity contribution < 1.29 is 39.3 Å². The van der Waals surface area contributed by atoms with Crippen LogP contribution in [0.4, 0.5) is 0 Å². The maximum atomic E-state index is 13.0. The number of amides is 4. The molecule has 2 aromatic rings. The summed E-state index contributed by atoms with van der Waals surface area (Å²) in [5.41, 5.74) is 0.809. The molecule has 0 saturated carbocycles. The minimum absolute atomic E-state index is 0.00304. The number of H-pyrrole nitrogens is 1. The van der Waals surface area contributed by atoms with Crippen LogP contribution >= 0.6 is 0 Å². The van der Waals surface area contributed by atoms with Gasteiger partial charge >= 0.3 is 5.97 Å². The number of aromatic amines is 1. The first-order valence-corrected chi connectivity index (χ1v) is 12.0. The molecule has 38 heavy (non-hydrogen) atoms. The summed E-state index contributed by atoms with van der Waals surface area (Å²) in [6.45, 7) is 1.98. The van der Waals surface area contributed by atoms with Crippen LogP contribution in [0.2, 0.25) is 0 Å². The number of carbonyl (C=O) groups excluding carboxylic acids is 4. The average Bonchev–Trinajstić information content (AvgIpc) is 3.43. The third-order valence-corrected chi connectivity index (χ3v) is 5.65. The van der Waals surface area contributed by atoms with Crippen molar-refractivity contribution in [3.63, 3.8) is 0 Å². The van der Waals surface area contributed by atoms with E-state index in [2.05, 4.69) is 26.3 Å². The van der Waals surface area contributed by atoms with Crippen LogP contribution in [0.25, 0.3) is 0 Å². The predicted octanol–water partition coefficient (Wildman–Crippen LogP) is -1.32. The highest BCUT2D eigenvalue weighted by molar-refractivity contribution is 5.98. The quantitative estimate of drug-likeness (QED) is 0.146. The van der Waals surface area contributed by atoms with Crippen LogP contribution in [0.5, 0.6) is 0 Å². The molecule has 13 heteroatoms. The van der Waals surface area contributed by atoms with E-state index in [9.17, 15) is 39.3 Å². The molecule has 4 amide bonds. The van der Waals surface area contributed by atoms with Crippen molar-refractivity contribution in [2.24, 2.45) is 0 Å². The van der Waals surface area contributed by atoms with Crippen molar-refractivity contribution in [3.05, 3.63) is 59.9 Å². The van der Waals surface area contributed by atoms with E-state index >= 15 is 0 Å². The van der Waals surface area contributed by atoms with Crippen LogP contribution in [0, 0.1) is 0 Å². The third-order valence-electron chi connectivity index (χ3n) is 5.65. The number of aliphatic carboxylic acids is 1. The van der Waals surface area contributed by atoms with Crippen molar-refractivity contribution in [2.45, 2.75) is 57.0 Å². The maximum absolute atomic E-state index is 13.0. The number of carbonyl (C=O) groups is 5. The maximum Gasteiger partial charge on any atom is 0.326 e. The van der Waals surface area contributed by atoms with E-state index in [1.807, 2.05) is 0 Å². The highest BCUT2D eigenvalue weighted by Crippen LogP contribution is 2.06. The molecule has 0 bridgehead atoms. The Morgan fingerprint density at radius 1 is 0.842 bits per heavy atom. The summed E-state index contributed by atoms with van der Waals surface area (Å²) in [7, 11) is 0. The molecule has 0 unspecified atom stereocenters. The lowest BCUT2D eigenvalue weighted by molar-refractivity contribution is -0.142. The Balaban J connectivity index is 2.15. The van der Waals surface area contributed by atoms with Gasteiger partial charge in [0.05, 0.1) is 12.7 Å². The van der Waals surface area contributed by atoms with E-state index in [-0.39, 0.29) is 18.5 Å². The zero-order chi connectivity index (χ0) is 28.2. The first-order chi connectivity index (χ1) is 18.1. The minimum atomic E-state index is -1.54. The van der Waals surface area contributed by atoms with Gasteiger partial charge in [0.2, 0.25) is 17.7 Å². The zero-order valence-electron chi connectivity index (χ0n) is 21.0. The zero-order valence-corrected chi connectivity index (χ0v) is 21.0. The van der Waals surface area contributed by atoms with E-state index in [1.54, 1.807) is 43.3 Å². The minimum Gasteiger partial charge on any atom is -0.480 e. The molecule has 0 spiro atoms. The lowest BCUT2D eigenvalue weighted by Gasteiger charge is -2.26. The number of aromatic nitrogens is 1. The lowest BCUT2D eigenvalue weighted by atomic mass is 10.0. The first kappa shape index (κ1) is 30.0. The summed E-state index contributed by atoms with van der Waals surface area (Å²) in [5, 5.41) is 38.5. The largest absolute Gasteiger partial charge is 0.480 e. The number of benzene rings is 1. The number of aliphatic hydroxyl groups excluding tert-OH is 2. The van der Waals surface area contributed by atoms with Gasteiger partial charge in [-0.3, -0.25) is 19.2 Å². The molecule has 0 aliphatic rings. The Hall–Kier alpha value is -4.23. The van der Waals surface area contributed by atoms with Gasteiger partial charge in [-0.2, -0.15) is 0 Å². The fourth-order valence-corrected chi connectivity index (χ4v) is 3.49. The number of hydrogen-bond donors (Lipinski definition) is 8. The third kappa shape index (κ3) is 8.71. The Labute approximate surface area is 219 Å². The van der Waals surface area contributed by atoms with Crippen LogP contribution in [0.3, 0.4) is 0 Å². The van der Waals surface area contributed by atoms with Crippen molar-refractivity contribution in [1.82, 2.24) is 26.3 Å². The Bertz CT molecular complexity index is 1090. The molecule has 5 atom stereocenters. The molecular weight excluding hydrogens is 498 g/mol. The fraction of sp³-hybridized carbons (Fsp3) is 0.400. The molecule has 0 radical (unpaired) electrons. The molecule has 0 saturated heterocycles. The Kier molecular flexibility index (Phi) is 11.4. The summed E-state index contributed by atoms with van der Waals surface area (Å²) in [4.78, 5) is 65.0. The number of nitrogens with one attached hydrogen (secondary N) is 5. The molecule has 0 fully saturated rings. The van der Waals surface area contributed by atoms with Crippen molar-refractivity contribution >= 4 is 29.6 Å². The van der Waals surface area contributed by atoms with Crippen LogP contribution in [-0.4, -0.2) is 86.8 Å². The average molecular weight is 532 g/mol. The molecule has 0 aliphatic carbocycles. The number of rotatable bonds is 14. The SMILES string of the molecule is CC[C@H](NC(=O)[C@H](Cc1ccccc1)NC(=O)[C@H](CO)NC(=O)[C@@H](NC(=O)c1ccc[nH]1)[C@H](C)O)C(=O)O. The Morgan fingerprint density at radius 2 is 1.45 bits per heavy atom. The summed E-state index contributed by atoms with van der Waals surface area (Å²) in [5.74, 6) is -4.56. The molecular formula is C25H33N5O8. The Morgan fingerprint density at radius 3 is 1.97 bits per heavy atom. The van der Waals surface area contributed by atoms with Crippen molar-refractivity contribution in [2.75, 3.05) is 6.61 Å². The van der Waals surface area contributed by atoms with Crippen LogP contribution in [0.1, 0.15) is 36.3 Å². The van der Waals surface area contributed by atoms with Gasteiger partial charge in [0.25, 0.3) is 5.91 Å². The van der Waals surface area contributed by atoms with Gasteiger partial charge in [0.15, 0.2) is 0 Å². The topological polar surface area (TPSA) is 210 Å². The summed E-state index contributed by atoms with van der Waals surface area (Å²) in [6, 6.07) is 6.26. The molecule has 1 aromatic carbocycles. The molecule has 13 nitrogen and oxygen atoms in total. The highest BCUT2D eigenvalue weighted by atomic mass is 16.4. The highest BCUT2D eigenvalue weighted by Gasteiger charge is 2.32. The van der Waals surface area contributed by atoms with Gasteiger partial charge < -0.3 is 41.6 Å². The smallest absolute Gasteiger partial charge is 0.326 e. The van der Waals surface area contributed by atoms with E-state index in [1.165, 1.54) is 19.2 Å². The predicted molar refractivity (Wildman–Crippen MR) is 135 cm³/mol. The number of carboxylic acid groups (broad SMARTS) is 1. The lowest BCUT2D eigenvalue weighted by Crippen LogP contribution is -2.60. The monoisotopic (exact) mass is 531 g/mol. The van der Waals surface area contributed by atoms with Gasteiger partial charge in [-0.1, -0.05) is 37.3 Å². The van der Waals surface area contributed by atoms with Crippen molar-refractivity contribution in [3.8, 4) is 0 Å². The molecule has 8 N–H and O–H groups in total. The molecule has 1 heterocycles. The van der Waals surface area contributed by atoms with Crippen LogP contribution < -0.4 is 21.3 Å². The van der Waals surface area contributed by atoms with Gasteiger partial charge in [0.1, 0.15) is 29.9 Å². The number of aliphatic hydroxyl groups is 2. The summed E-state index contributed by atoms with van der Waals surface area (Å²) >= 11 is 0. The summed E-state index contributed by atoms with van der Waals surface area (Å²) in [6.07, 6.45) is 0.259. The first-order valence-electron chi connectivity index (χ1n) is 12.0. The fourth-order valence-electron chi connectivity index (χ4n) is 3.49. The van der Waals surface area contributed by atoms with Crippen LogP contribution in [-0.2, 0) is 25.6 Å².